The molecule has 0 fully saturated rings. The van der Waals surface area contributed by atoms with Gasteiger partial charge in [0.2, 0.25) is 0 Å². The second kappa shape index (κ2) is 13.8. The summed E-state index contributed by atoms with van der Waals surface area (Å²) in [5.74, 6) is 0. The van der Waals surface area contributed by atoms with E-state index < -0.39 is 0 Å². The summed E-state index contributed by atoms with van der Waals surface area (Å²) >= 11 is 0. The number of hydrogen-bond acceptors (Lipinski definition) is 4. The summed E-state index contributed by atoms with van der Waals surface area (Å²) in [6.07, 6.45) is 5.41. The quantitative estimate of drug-likeness (QED) is 0.419. The molecule has 0 amide bonds. The van der Waals surface area contributed by atoms with E-state index in [4.69, 9.17) is 14.9 Å². The van der Waals surface area contributed by atoms with Crippen LogP contribution >= 0.6 is 0 Å². The molecule has 0 atom stereocenters. The van der Waals surface area contributed by atoms with E-state index in [1.165, 1.54) is 12.8 Å². The fraction of sp³-hybridized carbons (Fsp3) is 1.00. The van der Waals surface area contributed by atoms with Gasteiger partial charge in [-0.25, -0.2) is 0 Å². The van der Waals surface area contributed by atoms with Crippen molar-refractivity contribution in [2.75, 3.05) is 39.5 Å². The summed E-state index contributed by atoms with van der Waals surface area (Å²) in [4.78, 5) is 0. The van der Waals surface area contributed by atoms with E-state index in [9.17, 15) is 0 Å². The third-order valence-corrected chi connectivity index (χ3v) is 2.14. The minimum Gasteiger partial charge on any atom is -0.396 e. The van der Waals surface area contributed by atoms with E-state index in [2.05, 4.69) is 5.32 Å². The zero-order chi connectivity index (χ0) is 11.2. The largest absolute Gasteiger partial charge is 0.396 e. The van der Waals surface area contributed by atoms with Gasteiger partial charge in [-0.1, -0.05) is 12.8 Å². The van der Waals surface area contributed by atoms with Crippen molar-refractivity contribution < 1.29 is 14.9 Å². The van der Waals surface area contributed by atoms with Crippen LogP contribution in [0.2, 0.25) is 0 Å². The van der Waals surface area contributed by atoms with E-state index in [0.717, 1.165) is 39.0 Å². The summed E-state index contributed by atoms with van der Waals surface area (Å²) in [6.45, 7) is 3.62. The van der Waals surface area contributed by atoms with Gasteiger partial charge in [0.05, 0.1) is 13.2 Å². The molecule has 0 aliphatic heterocycles. The van der Waals surface area contributed by atoms with Crippen molar-refractivity contribution >= 4 is 0 Å². The maximum atomic E-state index is 8.56. The number of unbranched alkanes of at least 4 members (excludes halogenated alkanes) is 3. The lowest BCUT2D eigenvalue weighted by molar-refractivity contribution is 0.0907. The van der Waals surface area contributed by atoms with E-state index in [-0.39, 0.29) is 6.61 Å². The van der Waals surface area contributed by atoms with Crippen LogP contribution in [-0.4, -0.2) is 49.7 Å². The third kappa shape index (κ3) is 13.8. The number of nitrogens with one attached hydrogen (secondary N) is 1. The first kappa shape index (κ1) is 14.8. The van der Waals surface area contributed by atoms with Crippen molar-refractivity contribution in [2.45, 2.75) is 32.1 Å². The standard InChI is InChI=1S/C11H25NO3/c13-8-4-2-1-3-6-12-7-5-10-15-11-9-14/h12-14H,1-11H2. The van der Waals surface area contributed by atoms with Gasteiger partial charge in [0.25, 0.3) is 0 Å². The van der Waals surface area contributed by atoms with Crippen molar-refractivity contribution in [3.63, 3.8) is 0 Å². The Hall–Kier alpha value is -0.160. The second-order valence-corrected chi connectivity index (χ2v) is 3.58. The van der Waals surface area contributed by atoms with Crippen molar-refractivity contribution in [1.29, 1.82) is 0 Å². The molecule has 0 saturated heterocycles. The first-order valence-corrected chi connectivity index (χ1v) is 5.92. The van der Waals surface area contributed by atoms with Crippen LogP contribution in [0.4, 0.5) is 0 Å². The molecule has 0 saturated carbocycles. The highest BCUT2D eigenvalue weighted by atomic mass is 16.5. The van der Waals surface area contributed by atoms with Crippen LogP contribution in [0.1, 0.15) is 32.1 Å². The molecule has 15 heavy (non-hydrogen) atoms. The first-order valence-electron chi connectivity index (χ1n) is 5.92. The van der Waals surface area contributed by atoms with Gasteiger partial charge in [0.15, 0.2) is 0 Å². The van der Waals surface area contributed by atoms with E-state index in [1.54, 1.807) is 0 Å². The van der Waals surface area contributed by atoms with Gasteiger partial charge < -0.3 is 20.3 Å². The Morgan fingerprint density at radius 1 is 0.733 bits per heavy atom. The average molecular weight is 219 g/mol. The highest BCUT2D eigenvalue weighted by molar-refractivity contribution is 4.49. The van der Waals surface area contributed by atoms with Gasteiger partial charge in [-0.15, -0.1) is 0 Å². The predicted octanol–water partition coefficient (Wildman–Crippen LogP) is 0.528. The van der Waals surface area contributed by atoms with Crippen molar-refractivity contribution in [3.05, 3.63) is 0 Å². The van der Waals surface area contributed by atoms with Crippen LogP contribution in [0.5, 0.6) is 0 Å². The fourth-order valence-corrected chi connectivity index (χ4v) is 1.31. The summed E-state index contributed by atoms with van der Waals surface area (Å²) in [5, 5.41) is 20.3. The molecule has 0 aromatic heterocycles. The summed E-state index contributed by atoms with van der Waals surface area (Å²) in [7, 11) is 0. The highest BCUT2D eigenvalue weighted by Gasteiger charge is 1.91. The third-order valence-electron chi connectivity index (χ3n) is 2.14. The van der Waals surface area contributed by atoms with E-state index in [1.807, 2.05) is 0 Å². The van der Waals surface area contributed by atoms with Gasteiger partial charge in [0.1, 0.15) is 0 Å². The topological polar surface area (TPSA) is 61.7 Å². The van der Waals surface area contributed by atoms with Crippen molar-refractivity contribution in [1.82, 2.24) is 5.32 Å². The lowest BCUT2D eigenvalue weighted by atomic mass is 10.2. The molecule has 0 aromatic rings. The van der Waals surface area contributed by atoms with Gasteiger partial charge in [-0.2, -0.15) is 0 Å². The molecule has 3 N–H and O–H groups in total. The lowest BCUT2D eigenvalue weighted by Gasteiger charge is -2.04. The normalized spacial score (nSPS) is 10.8. The Labute approximate surface area is 92.6 Å². The minimum absolute atomic E-state index is 0.109. The van der Waals surface area contributed by atoms with Gasteiger partial charge in [-0.05, 0) is 32.4 Å². The average Bonchev–Trinajstić information content (AvgIpc) is 2.26. The van der Waals surface area contributed by atoms with E-state index >= 15 is 0 Å². The molecule has 0 unspecified atom stereocenters. The van der Waals surface area contributed by atoms with Crippen LogP contribution in [0.25, 0.3) is 0 Å². The molecule has 92 valence electrons. The Balaban J connectivity index is 2.81. The summed E-state index contributed by atoms with van der Waals surface area (Å²) in [5.41, 5.74) is 0. The Kier molecular flexibility index (Phi) is 13.7. The predicted molar refractivity (Wildman–Crippen MR) is 60.9 cm³/mol. The second-order valence-electron chi connectivity index (χ2n) is 3.58. The maximum Gasteiger partial charge on any atom is 0.0697 e. The number of aliphatic hydroxyl groups is 2. The SMILES string of the molecule is OCCCCCCNCCCOCCO. The summed E-state index contributed by atoms with van der Waals surface area (Å²) < 4.78 is 5.12. The van der Waals surface area contributed by atoms with Crippen LogP contribution in [0.3, 0.4) is 0 Å². The molecule has 4 nitrogen and oxygen atoms in total. The molecule has 0 rings (SSSR count). The molecule has 0 aliphatic carbocycles. The van der Waals surface area contributed by atoms with Gasteiger partial charge in [0, 0.05) is 13.2 Å². The molecule has 0 aromatic carbocycles. The number of ether oxygens (including phenoxy) is 1. The zero-order valence-electron chi connectivity index (χ0n) is 9.58. The first-order chi connectivity index (χ1) is 7.41. The zero-order valence-corrected chi connectivity index (χ0v) is 9.58. The number of aliphatic hydroxyl groups excluding tert-OH is 2. The fourth-order valence-electron chi connectivity index (χ4n) is 1.31. The summed E-state index contributed by atoms with van der Waals surface area (Å²) in [6, 6.07) is 0. The molecular weight excluding hydrogens is 194 g/mol. The molecule has 0 heterocycles. The minimum atomic E-state index is 0.109. The van der Waals surface area contributed by atoms with Gasteiger partial charge >= 0.3 is 0 Å². The van der Waals surface area contributed by atoms with Crippen LogP contribution in [0.15, 0.2) is 0 Å². The molecule has 0 bridgehead atoms. The van der Waals surface area contributed by atoms with Crippen molar-refractivity contribution in [3.8, 4) is 0 Å². The molecule has 0 radical (unpaired) electrons. The van der Waals surface area contributed by atoms with Crippen molar-refractivity contribution in [2.24, 2.45) is 0 Å². The van der Waals surface area contributed by atoms with Gasteiger partial charge in [-0.3, -0.25) is 0 Å². The van der Waals surface area contributed by atoms with Crippen LogP contribution in [-0.2, 0) is 4.74 Å². The Morgan fingerprint density at radius 2 is 1.47 bits per heavy atom. The monoisotopic (exact) mass is 219 g/mol. The molecular formula is C11H25NO3. The number of hydrogen-bond donors (Lipinski definition) is 3. The van der Waals surface area contributed by atoms with Crippen LogP contribution < -0.4 is 5.32 Å². The van der Waals surface area contributed by atoms with E-state index in [0.29, 0.717) is 13.2 Å². The molecule has 0 aliphatic rings. The highest BCUT2D eigenvalue weighted by Crippen LogP contribution is 1.97. The smallest absolute Gasteiger partial charge is 0.0697 e. The lowest BCUT2D eigenvalue weighted by Crippen LogP contribution is -2.18. The number of rotatable bonds is 12. The maximum absolute atomic E-state index is 8.56. The van der Waals surface area contributed by atoms with Crippen LogP contribution in [0, 0.1) is 0 Å². The Bertz CT molecular complexity index is 100. The molecule has 4 heteroatoms. The Morgan fingerprint density at radius 3 is 2.20 bits per heavy atom. The molecule has 0 spiro atoms.